The summed E-state index contributed by atoms with van der Waals surface area (Å²) < 4.78 is 37.0. The number of aliphatic hydroxyl groups excluding tert-OH is 1. The number of anilines is 2. The third-order valence-corrected chi connectivity index (χ3v) is 1.70. The van der Waals surface area contributed by atoms with E-state index in [0.29, 0.717) is 0 Å². The van der Waals surface area contributed by atoms with E-state index < -0.39 is 23.9 Å². The zero-order valence-electron chi connectivity index (χ0n) is 8.41. The lowest BCUT2D eigenvalue weighted by atomic mass is 10.3. The Bertz CT molecular complexity index is 369. The average molecular weight is 236 g/mol. The van der Waals surface area contributed by atoms with Crippen LogP contribution in [0.15, 0.2) is 6.07 Å². The molecule has 0 fully saturated rings. The largest absolute Gasteiger partial charge is 0.433 e. The third kappa shape index (κ3) is 3.23. The monoisotopic (exact) mass is 236 g/mol. The minimum absolute atomic E-state index is 0.0682. The number of rotatable bonds is 3. The van der Waals surface area contributed by atoms with Crippen LogP contribution >= 0.6 is 0 Å². The van der Waals surface area contributed by atoms with Gasteiger partial charge in [0.25, 0.3) is 0 Å². The Kier molecular flexibility index (Phi) is 3.53. The van der Waals surface area contributed by atoms with Gasteiger partial charge in [0, 0.05) is 12.1 Å². The molecule has 1 aromatic heterocycles. The van der Waals surface area contributed by atoms with Gasteiger partial charge in [0.2, 0.25) is 5.95 Å². The molecule has 0 saturated carbocycles. The van der Waals surface area contributed by atoms with Crippen molar-refractivity contribution in [1.82, 2.24) is 9.97 Å². The van der Waals surface area contributed by atoms with E-state index in [4.69, 9.17) is 10.8 Å². The van der Waals surface area contributed by atoms with E-state index in [1.165, 1.54) is 0 Å². The van der Waals surface area contributed by atoms with Gasteiger partial charge >= 0.3 is 6.18 Å². The molecule has 0 bridgehead atoms. The molecule has 4 N–H and O–H groups in total. The van der Waals surface area contributed by atoms with Crippen molar-refractivity contribution in [1.29, 1.82) is 0 Å². The van der Waals surface area contributed by atoms with Crippen LogP contribution in [-0.4, -0.2) is 27.7 Å². The lowest BCUT2D eigenvalue weighted by Crippen LogP contribution is -2.21. The van der Waals surface area contributed by atoms with E-state index in [1.54, 1.807) is 6.92 Å². The van der Waals surface area contributed by atoms with Crippen molar-refractivity contribution in [3.05, 3.63) is 11.8 Å². The summed E-state index contributed by atoms with van der Waals surface area (Å²) in [6.45, 7) is 1.36. The summed E-state index contributed by atoms with van der Waals surface area (Å²) in [6.07, 6.45) is -4.57. The maximum absolute atomic E-state index is 12.3. The molecule has 0 saturated heterocycles. The van der Waals surface area contributed by atoms with Crippen LogP contribution in [0.2, 0.25) is 0 Å². The summed E-state index contributed by atoms with van der Waals surface area (Å²) >= 11 is 0. The summed E-state index contributed by atoms with van der Waals surface area (Å²) in [5.41, 5.74) is 4.03. The Labute approximate surface area is 89.5 Å². The van der Waals surface area contributed by atoms with E-state index in [9.17, 15) is 13.2 Å². The van der Waals surface area contributed by atoms with Crippen molar-refractivity contribution in [3.8, 4) is 0 Å². The van der Waals surface area contributed by atoms with E-state index in [2.05, 4.69) is 15.3 Å². The van der Waals surface area contributed by atoms with Crippen molar-refractivity contribution in [2.24, 2.45) is 0 Å². The Morgan fingerprint density at radius 1 is 1.50 bits per heavy atom. The number of alkyl halides is 3. The van der Waals surface area contributed by atoms with Gasteiger partial charge in [-0.05, 0) is 6.92 Å². The molecular formula is C8H11F3N4O. The number of nitrogen functional groups attached to an aromatic ring is 1. The summed E-state index contributed by atoms with van der Waals surface area (Å²) in [5.74, 6) is -0.538. The molecule has 1 rings (SSSR count). The standard InChI is InChI=1S/C8H11F3N4O/c1-4(3-16)13-6-2-5(8(9,10)11)14-7(12)15-6/h2,4,16H,3H2,1H3,(H3,12,13,14,15). The van der Waals surface area contributed by atoms with Gasteiger partial charge in [-0.2, -0.15) is 18.2 Å². The van der Waals surface area contributed by atoms with Gasteiger partial charge in [0.1, 0.15) is 5.82 Å². The quantitative estimate of drug-likeness (QED) is 0.725. The van der Waals surface area contributed by atoms with Crippen LogP contribution in [-0.2, 0) is 6.18 Å². The predicted molar refractivity (Wildman–Crippen MR) is 51.6 cm³/mol. The van der Waals surface area contributed by atoms with Crippen molar-refractivity contribution < 1.29 is 18.3 Å². The molecule has 0 aliphatic carbocycles. The number of aromatic nitrogens is 2. The minimum atomic E-state index is -4.57. The maximum atomic E-state index is 12.3. The van der Waals surface area contributed by atoms with E-state index in [0.717, 1.165) is 6.07 Å². The molecule has 1 unspecified atom stereocenters. The van der Waals surface area contributed by atoms with Crippen LogP contribution in [0.4, 0.5) is 24.9 Å². The van der Waals surface area contributed by atoms with Gasteiger partial charge < -0.3 is 16.2 Å². The third-order valence-electron chi connectivity index (χ3n) is 1.70. The van der Waals surface area contributed by atoms with Crippen molar-refractivity contribution >= 4 is 11.8 Å². The van der Waals surface area contributed by atoms with Crippen LogP contribution in [0.3, 0.4) is 0 Å². The molecule has 5 nitrogen and oxygen atoms in total. The zero-order valence-corrected chi connectivity index (χ0v) is 8.41. The highest BCUT2D eigenvalue weighted by atomic mass is 19.4. The number of hydrogen-bond donors (Lipinski definition) is 3. The number of aliphatic hydroxyl groups is 1. The Balaban J connectivity index is 2.99. The molecule has 1 aromatic rings. The number of nitrogens with two attached hydrogens (primary N) is 1. The SMILES string of the molecule is CC(CO)Nc1cc(C(F)(F)F)nc(N)n1. The maximum Gasteiger partial charge on any atom is 0.433 e. The first-order valence-corrected chi connectivity index (χ1v) is 4.42. The molecule has 0 spiro atoms. The molecule has 0 amide bonds. The molecule has 90 valence electrons. The number of halogens is 3. The Morgan fingerprint density at radius 3 is 2.62 bits per heavy atom. The van der Waals surface area contributed by atoms with Gasteiger partial charge in [-0.15, -0.1) is 0 Å². The van der Waals surface area contributed by atoms with Crippen molar-refractivity contribution in [2.45, 2.75) is 19.1 Å². The first-order valence-electron chi connectivity index (χ1n) is 4.42. The summed E-state index contributed by atoms with van der Waals surface area (Å²) in [7, 11) is 0. The fourth-order valence-corrected chi connectivity index (χ4v) is 0.983. The van der Waals surface area contributed by atoms with Crippen LogP contribution in [0.1, 0.15) is 12.6 Å². The zero-order chi connectivity index (χ0) is 12.3. The van der Waals surface area contributed by atoms with Gasteiger partial charge in [-0.1, -0.05) is 0 Å². The fraction of sp³-hybridized carbons (Fsp3) is 0.500. The highest BCUT2D eigenvalue weighted by Gasteiger charge is 2.33. The van der Waals surface area contributed by atoms with Crippen LogP contribution in [0.5, 0.6) is 0 Å². The number of hydrogen-bond acceptors (Lipinski definition) is 5. The molecule has 1 heterocycles. The van der Waals surface area contributed by atoms with E-state index in [-0.39, 0.29) is 12.4 Å². The fourth-order valence-electron chi connectivity index (χ4n) is 0.983. The van der Waals surface area contributed by atoms with Gasteiger partial charge in [0.15, 0.2) is 5.69 Å². The molecule has 1 atom stereocenters. The second-order valence-corrected chi connectivity index (χ2v) is 3.22. The van der Waals surface area contributed by atoms with Crippen LogP contribution < -0.4 is 11.1 Å². The smallest absolute Gasteiger partial charge is 0.394 e. The number of nitrogens with one attached hydrogen (secondary N) is 1. The molecule has 16 heavy (non-hydrogen) atoms. The summed E-state index contributed by atoms with van der Waals surface area (Å²) in [6, 6.07) is 0.318. The van der Waals surface area contributed by atoms with E-state index >= 15 is 0 Å². The second-order valence-electron chi connectivity index (χ2n) is 3.22. The normalized spacial score (nSPS) is 13.6. The van der Waals surface area contributed by atoms with Crippen molar-refractivity contribution in [3.63, 3.8) is 0 Å². The molecule has 0 radical (unpaired) electrons. The Hall–Kier alpha value is -1.57. The molecule has 0 aliphatic heterocycles. The first kappa shape index (κ1) is 12.5. The van der Waals surface area contributed by atoms with Gasteiger partial charge in [-0.3, -0.25) is 0 Å². The van der Waals surface area contributed by atoms with Gasteiger partial charge in [0.05, 0.1) is 6.61 Å². The molecule has 0 aliphatic rings. The minimum Gasteiger partial charge on any atom is -0.394 e. The molecule has 0 aromatic carbocycles. The average Bonchev–Trinajstić information content (AvgIpc) is 2.15. The van der Waals surface area contributed by atoms with E-state index in [1.807, 2.05) is 0 Å². The summed E-state index contributed by atoms with van der Waals surface area (Å²) in [4.78, 5) is 6.66. The highest BCUT2D eigenvalue weighted by Crippen LogP contribution is 2.29. The highest BCUT2D eigenvalue weighted by molar-refractivity contribution is 5.41. The van der Waals surface area contributed by atoms with Crippen LogP contribution in [0.25, 0.3) is 0 Å². The first-order chi connectivity index (χ1) is 7.32. The lowest BCUT2D eigenvalue weighted by Gasteiger charge is -2.13. The topological polar surface area (TPSA) is 84.1 Å². The van der Waals surface area contributed by atoms with Gasteiger partial charge in [-0.25, -0.2) is 4.98 Å². The summed E-state index contributed by atoms with van der Waals surface area (Å²) in [5, 5.41) is 11.3. The Morgan fingerprint density at radius 2 is 2.12 bits per heavy atom. The second kappa shape index (κ2) is 4.52. The molecule has 8 heteroatoms. The predicted octanol–water partition coefficient (Wildman–Crippen LogP) is 0.870. The van der Waals surface area contributed by atoms with Crippen LogP contribution in [0, 0.1) is 0 Å². The molecular weight excluding hydrogens is 225 g/mol. The van der Waals surface area contributed by atoms with Crippen molar-refractivity contribution in [2.75, 3.05) is 17.7 Å². The number of nitrogens with zero attached hydrogens (tertiary/aromatic N) is 2. The lowest BCUT2D eigenvalue weighted by molar-refractivity contribution is -0.141.